The number of amides is 1. The highest BCUT2D eigenvalue weighted by Crippen LogP contribution is 2.47. The van der Waals surface area contributed by atoms with Crippen LogP contribution in [0.5, 0.6) is 0 Å². The number of nitriles is 1. The van der Waals surface area contributed by atoms with Crippen molar-refractivity contribution in [3.8, 4) is 6.07 Å². The minimum Gasteiger partial charge on any atom is -0.326 e. The van der Waals surface area contributed by atoms with Crippen LogP contribution in [-0.2, 0) is 4.79 Å². The Morgan fingerprint density at radius 1 is 1.50 bits per heavy atom. The average Bonchev–Trinajstić information content (AvgIpc) is 2.97. The first kappa shape index (κ1) is 9.51. The summed E-state index contributed by atoms with van der Waals surface area (Å²) in [6.07, 6.45) is 5.00. The Balaban J connectivity index is 2.08. The predicted octanol–water partition coefficient (Wildman–Crippen LogP) is 1.69. The second-order valence-electron chi connectivity index (χ2n) is 4.70. The lowest BCUT2D eigenvalue weighted by atomic mass is 9.99. The molecule has 1 unspecified atom stereocenters. The summed E-state index contributed by atoms with van der Waals surface area (Å²) < 4.78 is 0. The Morgan fingerprint density at radius 3 is 2.79 bits per heavy atom. The van der Waals surface area contributed by atoms with Gasteiger partial charge in [-0.1, -0.05) is 6.92 Å². The number of piperidine rings is 1. The molecule has 14 heavy (non-hydrogen) atoms. The SMILES string of the molecule is CC1(C(=O)N2CCCCC2C#N)CC1. The minimum absolute atomic E-state index is 0.119. The summed E-state index contributed by atoms with van der Waals surface area (Å²) in [6.45, 7) is 2.80. The average molecular weight is 192 g/mol. The molecule has 0 bridgehead atoms. The number of rotatable bonds is 1. The normalized spacial score (nSPS) is 29.4. The van der Waals surface area contributed by atoms with Crippen LogP contribution in [0.15, 0.2) is 0 Å². The molecule has 1 amide bonds. The largest absolute Gasteiger partial charge is 0.326 e. The van der Waals surface area contributed by atoms with Crippen LogP contribution in [0.3, 0.4) is 0 Å². The van der Waals surface area contributed by atoms with Crippen LogP contribution >= 0.6 is 0 Å². The van der Waals surface area contributed by atoms with Crippen molar-refractivity contribution in [2.45, 2.75) is 45.1 Å². The standard InChI is InChI=1S/C11H16N2O/c1-11(5-6-11)10(14)13-7-3-2-4-9(13)8-12/h9H,2-7H2,1H3. The van der Waals surface area contributed by atoms with Crippen LogP contribution in [0.2, 0.25) is 0 Å². The predicted molar refractivity (Wildman–Crippen MR) is 52.3 cm³/mol. The summed E-state index contributed by atoms with van der Waals surface area (Å²) in [5, 5.41) is 8.95. The van der Waals surface area contributed by atoms with Crippen molar-refractivity contribution in [2.75, 3.05) is 6.54 Å². The van der Waals surface area contributed by atoms with E-state index in [4.69, 9.17) is 5.26 Å². The number of carbonyl (C=O) groups is 1. The summed E-state index contributed by atoms with van der Waals surface area (Å²) in [4.78, 5) is 13.8. The summed E-state index contributed by atoms with van der Waals surface area (Å²) in [5.41, 5.74) is -0.119. The van der Waals surface area contributed by atoms with Crippen molar-refractivity contribution in [1.82, 2.24) is 4.90 Å². The lowest BCUT2D eigenvalue weighted by Gasteiger charge is -2.33. The molecule has 3 nitrogen and oxygen atoms in total. The Bertz CT molecular complexity index is 288. The number of carbonyl (C=O) groups excluding carboxylic acids is 1. The van der Waals surface area contributed by atoms with Gasteiger partial charge in [0, 0.05) is 12.0 Å². The van der Waals surface area contributed by atoms with Gasteiger partial charge in [-0.05, 0) is 32.1 Å². The van der Waals surface area contributed by atoms with Crippen molar-refractivity contribution in [3.05, 3.63) is 0 Å². The van der Waals surface area contributed by atoms with Crippen LogP contribution < -0.4 is 0 Å². The van der Waals surface area contributed by atoms with Crippen molar-refractivity contribution in [1.29, 1.82) is 5.26 Å². The van der Waals surface area contributed by atoms with Gasteiger partial charge in [0.25, 0.3) is 0 Å². The molecule has 0 N–H and O–H groups in total. The topological polar surface area (TPSA) is 44.1 Å². The van der Waals surface area contributed by atoms with Crippen molar-refractivity contribution < 1.29 is 4.79 Å². The van der Waals surface area contributed by atoms with E-state index in [2.05, 4.69) is 6.07 Å². The quantitative estimate of drug-likeness (QED) is 0.634. The van der Waals surface area contributed by atoms with Gasteiger partial charge >= 0.3 is 0 Å². The Hall–Kier alpha value is -1.04. The van der Waals surface area contributed by atoms with E-state index in [9.17, 15) is 4.79 Å². The summed E-state index contributed by atoms with van der Waals surface area (Å²) in [7, 11) is 0. The first-order chi connectivity index (χ1) is 6.67. The van der Waals surface area contributed by atoms with E-state index in [0.29, 0.717) is 0 Å². The Morgan fingerprint density at radius 2 is 2.21 bits per heavy atom. The van der Waals surface area contributed by atoms with Gasteiger partial charge in [0.05, 0.1) is 6.07 Å². The number of hydrogen-bond donors (Lipinski definition) is 0. The van der Waals surface area contributed by atoms with Gasteiger partial charge in [-0.15, -0.1) is 0 Å². The van der Waals surface area contributed by atoms with Gasteiger partial charge < -0.3 is 4.90 Å². The first-order valence-corrected chi connectivity index (χ1v) is 5.38. The molecule has 1 aliphatic heterocycles. The summed E-state index contributed by atoms with van der Waals surface area (Å²) in [6, 6.07) is 2.08. The molecule has 0 aromatic rings. The summed E-state index contributed by atoms with van der Waals surface area (Å²) >= 11 is 0. The zero-order valence-electron chi connectivity index (χ0n) is 8.62. The molecule has 0 spiro atoms. The van der Waals surface area contributed by atoms with Gasteiger partial charge in [0.2, 0.25) is 5.91 Å². The molecular weight excluding hydrogens is 176 g/mol. The zero-order chi connectivity index (χ0) is 10.2. The van der Waals surface area contributed by atoms with E-state index in [1.165, 1.54) is 0 Å². The molecule has 1 atom stereocenters. The maximum Gasteiger partial charge on any atom is 0.229 e. The van der Waals surface area contributed by atoms with Gasteiger partial charge in [-0.3, -0.25) is 4.79 Å². The van der Waals surface area contributed by atoms with E-state index in [-0.39, 0.29) is 17.4 Å². The highest BCUT2D eigenvalue weighted by Gasteiger charge is 2.48. The molecule has 1 saturated carbocycles. The fourth-order valence-corrected chi connectivity index (χ4v) is 2.06. The number of likely N-dealkylation sites (tertiary alicyclic amines) is 1. The molecule has 2 rings (SSSR count). The van der Waals surface area contributed by atoms with E-state index in [1.807, 2.05) is 6.92 Å². The lowest BCUT2D eigenvalue weighted by Crippen LogP contribution is -2.45. The minimum atomic E-state index is -0.159. The fourth-order valence-electron chi connectivity index (χ4n) is 2.06. The third kappa shape index (κ3) is 1.50. The molecule has 1 heterocycles. The number of hydrogen-bond acceptors (Lipinski definition) is 2. The molecule has 1 aliphatic carbocycles. The van der Waals surface area contributed by atoms with E-state index < -0.39 is 0 Å². The highest BCUT2D eigenvalue weighted by atomic mass is 16.2. The molecule has 0 aromatic carbocycles. The van der Waals surface area contributed by atoms with Gasteiger partial charge in [-0.2, -0.15) is 5.26 Å². The fraction of sp³-hybridized carbons (Fsp3) is 0.818. The maximum atomic E-state index is 12.0. The highest BCUT2D eigenvalue weighted by molar-refractivity contribution is 5.85. The van der Waals surface area contributed by atoms with Crippen molar-refractivity contribution in [2.24, 2.45) is 5.41 Å². The monoisotopic (exact) mass is 192 g/mol. The van der Waals surface area contributed by atoms with Crippen LogP contribution in [0.4, 0.5) is 0 Å². The van der Waals surface area contributed by atoms with Gasteiger partial charge in [-0.25, -0.2) is 0 Å². The lowest BCUT2D eigenvalue weighted by molar-refractivity contribution is -0.138. The van der Waals surface area contributed by atoms with E-state index in [1.54, 1.807) is 4.90 Å². The van der Waals surface area contributed by atoms with Crippen molar-refractivity contribution >= 4 is 5.91 Å². The second kappa shape index (κ2) is 3.27. The third-order valence-corrected chi connectivity index (χ3v) is 3.43. The molecular formula is C11H16N2O. The molecule has 0 radical (unpaired) electrons. The molecule has 2 aliphatic rings. The molecule has 76 valence electrons. The second-order valence-corrected chi connectivity index (χ2v) is 4.70. The molecule has 0 aromatic heterocycles. The van der Waals surface area contributed by atoms with Crippen LogP contribution in [0, 0.1) is 16.7 Å². The van der Waals surface area contributed by atoms with Crippen LogP contribution in [0.25, 0.3) is 0 Å². The molecule has 3 heteroatoms. The molecule has 1 saturated heterocycles. The van der Waals surface area contributed by atoms with Gasteiger partial charge in [0.15, 0.2) is 0 Å². The maximum absolute atomic E-state index is 12.0. The third-order valence-electron chi connectivity index (χ3n) is 3.43. The summed E-state index contributed by atoms with van der Waals surface area (Å²) in [5.74, 6) is 0.212. The molecule has 2 fully saturated rings. The smallest absolute Gasteiger partial charge is 0.229 e. The first-order valence-electron chi connectivity index (χ1n) is 5.38. The van der Waals surface area contributed by atoms with Crippen LogP contribution in [-0.4, -0.2) is 23.4 Å². The van der Waals surface area contributed by atoms with Crippen LogP contribution in [0.1, 0.15) is 39.0 Å². The zero-order valence-corrected chi connectivity index (χ0v) is 8.62. The Kier molecular flexibility index (Phi) is 2.22. The van der Waals surface area contributed by atoms with Crippen molar-refractivity contribution in [3.63, 3.8) is 0 Å². The van der Waals surface area contributed by atoms with E-state index >= 15 is 0 Å². The van der Waals surface area contributed by atoms with Gasteiger partial charge in [0.1, 0.15) is 6.04 Å². The Labute approximate surface area is 84.7 Å². The number of nitrogens with zero attached hydrogens (tertiary/aromatic N) is 2. The van der Waals surface area contributed by atoms with E-state index in [0.717, 1.165) is 38.6 Å².